The molecule has 0 saturated carbocycles. The molecular formula is C103H68B3N17. The van der Waals surface area contributed by atoms with Crippen molar-refractivity contribution in [3.63, 3.8) is 0 Å². The van der Waals surface area contributed by atoms with Gasteiger partial charge < -0.3 is 43.3 Å². The predicted molar refractivity (Wildman–Crippen MR) is 506 cm³/mol. The normalized spacial score (nSPS) is 14.0. The summed E-state index contributed by atoms with van der Waals surface area (Å²) in [6.07, 6.45) is 1.89. The van der Waals surface area contributed by atoms with Gasteiger partial charge in [-0.25, -0.2) is 15.0 Å². The second-order valence-electron chi connectivity index (χ2n) is 32.1. The number of rotatable bonds is 9. The van der Waals surface area contributed by atoms with E-state index in [1.165, 1.54) is 28.1 Å². The highest BCUT2D eigenvalue weighted by Gasteiger charge is 2.58. The van der Waals surface area contributed by atoms with Gasteiger partial charge in [0.1, 0.15) is 5.65 Å². The average Bonchev–Trinajstić information content (AvgIpc) is 1.55. The quantitative estimate of drug-likeness (QED) is 0.129. The first-order valence-corrected chi connectivity index (χ1v) is 41.8. The molecule has 17 nitrogen and oxygen atoms in total. The molecule has 0 fully saturated rings. The van der Waals surface area contributed by atoms with Crippen LogP contribution in [0.4, 0.5) is 102 Å². The summed E-state index contributed by atoms with van der Waals surface area (Å²) in [5.41, 5.74) is 34.4. The smallest absolute Gasteiger partial charge is 0.344 e. The van der Waals surface area contributed by atoms with E-state index >= 15 is 0 Å². The molecule has 20 heteroatoms. The van der Waals surface area contributed by atoms with Crippen molar-refractivity contribution < 1.29 is 0 Å². The highest BCUT2D eigenvalue weighted by atomic mass is 15.5. The van der Waals surface area contributed by atoms with E-state index in [-0.39, 0.29) is 21.4 Å². The zero-order valence-electron chi connectivity index (χ0n) is 66.1. The number of pyridine rings is 1. The molecule has 6 aliphatic heterocycles. The summed E-state index contributed by atoms with van der Waals surface area (Å²) in [6, 6.07) is 146. The van der Waals surface area contributed by atoms with Crippen LogP contribution in [0.3, 0.4) is 0 Å². The summed E-state index contributed by atoms with van der Waals surface area (Å²) in [7, 11) is -0.610. The molecule has 22 aromatic rings. The summed E-state index contributed by atoms with van der Waals surface area (Å²) in [4.78, 5) is 37.8. The molecule has 0 bridgehead atoms. The second kappa shape index (κ2) is 26.0. The Labute approximate surface area is 707 Å². The first-order valence-electron chi connectivity index (χ1n) is 41.8. The van der Waals surface area contributed by atoms with Crippen molar-refractivity contribution in [3.8, 4) is 17.1 Å². The van der Waals surface area contributed by atoms with Gasteiger partial charge in [0.2, 0.25) is 11.6 Å². The molecule has 0 amide bonds. The van der Waals surface area contributed by atoms with Crippen LogP contribution in [0, 0.1) is 0 Å². The Kier molecular flexibility index (Phi) is 14.2. The maximum atomic E-state index is 5.23. The average molecular weight is 1580 g/mol. The van der Waals surface area contributed by atoms with Gasteiger partial charge in [-0.2, -0.15) is 0 Å². The maximum absolute atomic E-state index is 5.23. The van der Waals surface area contributed by atoms with E-state index in [2.05, 4.69) is 466 Å². The van der Waals surface area contributed by atoms with Crippen LogP contribution < -0.4 is 43.3 Å². The number of imidazole rings is 4. The fraction of sp³-hybridized carbons (Fsp3) is 0. The van der Waals surface area contributed by atoms with E-state index in [4.69, 9.17) is 15.0 Å². The molecule has 0 spiro atoms. The number of fused-ring (bicyclic) bond motifs is 28. The molecule has 6 aliphatic rings. The van der Waals surface area contributed by atoms with Crippen molar-refractivity contribution in [2.75, 3.05) is 43.3 Å². The van der Waals surface area contributed by atoms with Crippen molar-refractivity contribution in [2.45, 2.75) is 0 Å². The maximum Gasteiger partial charge on any atom is 0.519 e. The van der Waals surface area contributed by atoms with E-state index in [0.717, 1.165) is 169 Å². The lowest BCUT2D eigenvalue weighted by atomic mass is 9.86. The highest BCUT2D eigenvalue weighted by Crippen LogP contribution is 2.62. The molecule has 6 aromatic heterocycles. The minimum Gasteiger partial charge on any atom is -0.344 e. The number of aromatic nitrogens is 8. The number of hydrogen-bond acceptors (Lipinski definition) is 12. The molecule has 0 atom stereocenters. The number of nitrogens with zero attached hydrogens (tertiary/aromatic N) is 17. The van der Waals surface area contributed by atoms with Crippen molar-refractivity contribution in [3.05, 3.63) is 413 Å². The van der Waals surface area contributed by atoms with Crippen LogP contribution in [0.1, 0.15) is 0 Å². The number of para-hydroxylation sites is 20. The summed E-state index contributed by atoms with van der Waals surface area (Å²) in [5.74, 6) is 1.78. The third kappa shape index (κ3) is 9.56. The summed E-state index contributed by atoms with van der Waals surface area (Å²) >= 11 is 0. The standard InChI is InChI=1S/C55H37B2N9.C48H31BN8/c1-3-18-38(19-4-1)61-47-28-11-14-31-50(47)65-51-32-15-13-30-49(51)64(56(61)65)42-34-35-53-54(37-42)66-52-33-16-12-29-48(52)62(39-20-5-2-6-21-39)57(66)63(53)41-23-17-22-40(36-41)59-45-26-9-10-27-46(45)60-44-25-8-7-24-43(44)58-55(59)60;1-2-14-32(15-3-1)55-43-25-10-11-26-44(43)57-46-31-34(52-39-21-6-4-18-36(39)37-19-13-29-50-47(37)52)27-28-45(46)56(49(55)57)35-17-12-16-33(30-35)53-41-23-8-9-24-42(41)54-40-22-7-5-20-38(40)51-48(53)54/h1-37H;1-31H. The van der Waals surface area contributed by atoms with Gasteiger partial charge in [-0.15, -0.1) is 0 Å². The molecule has 0 radical (unpaired) electrons. The van der Waals surface area contributed by atoms with Crippen LogP contribution >= 0.6 is 0 Å². The lowest BCUT2D eigenvalue weighted by molar-refractivity contribution is 1.11. The zero-order valence-corrected chi connectivity index (χ0v) is 66.1. The SMILES string of the molecule is c1ccc(N2B3N(c4ccc5c(c4)N4B(N(c6ccccc6)c6ccccc64)N5c4cccc(-n5c6ccccc6n6c7ccccc7nc56)c4)c4ccccc4N3c3ccccc32)cc1.c1ccc(N2B3N(c4cccc(-n5c6ccccc6n6c7ccccc7nc56)c4)c4ccc(-n5c6ccccc6c6cccnc65)cc4N3c3ccccc32)cc1. The van der Waals surface area contributed by atoms with Crippen molar-refractivity contribution in [1.29, 1.82) is 0 Å². The largest absolute Gasteiger partial charge is 0.519 e. The first kappa shape index (κ1) is 67.4. The van der Waals surface area contributed by atoms with Gasteiger partial charge in [0.15, 0.2) is 0 Å². The van der Waals surface area contributed by atoms with Crippen LogP contribution in [0.25, 0.3) is 94.7 Å². The number of anilines is 18. The summed E-state index contributed by atoms with van der Waals surface area (Å²) in [5, 5.41) is 2.33. The van der Waals surface area contributed by atoms with Crippen molar-refractivity contribution >= 4 is 201 Å². The van der Waals surface area contributed by atoms with Gasteiger partial charge in [-0.1, -0.05) is 182 Å². The summed E-state index contributed by atoms with van der Waals surface area (Å²) < 4.78 is 11.5. The molecule has 0 saturated heterocycles. The Bertz CT molecular complexity index is 8060. The molecule has 123 heavy (non-hydrogen) atoms. The lowest BCUT2D eigenvalue weighted by Gasteiger charge is -2.32. The Morgan fingerprint density at radius 1 is 0.179 bits per heavy atom. The van der Waals surface area contributed by atoms with E-state index in [1.54, 1.807) is 0 Å². The van der Waals surface area contributed by atoms with Gasteiger partial charge >= 0.3 is 21.4 Å². The molecule has 28 rings (SSSR count). The monoisotopic (exact) mass is 1580 g/mol. The fourth-order valence-corrected chi connectivity index (χ4v) is 20.7. The van der Waals surface area contributed by atoms with Gasteiger partial charge in [0.05, 0.1) is 129 Å². The molecule has 16 aromatic carbocycles. The van der Waals surface area contributed by atoms with Crippen LogP contribution in [-0.2, 0) is 0 Å². The topological polar surface area (TPSA) is 91.4 Å². The van der Waals surface area contributed by atoms with Crippen molar-refractivity contribution in [1.82, 2.24) is 37.5 Å². The third-order valence-corrected chi connectivity index (χ3v) is 25.7. The molecule has 0 unspecified atom stereocenters. The molecule has 0 N–H and O–H groups in total. The minimum atomic E-state index is -0.236. The molecule has 0 aliphatic carbocycles. The van der Waals surface area contributed by atoms with E-state index in [0.29, 0.717) is 0 Å². The first-order chi connectivity index (χ1) is 61.1. The van der Waals surface area contributed by atoms with Crippen LogP contribution in [0.15, 0.2) is 413 Å². The number of hydrogen-bond donors (Lipinski definition) is 0. The van der Waals surface area contributed by atoms with Crippen LogP contribution in [0.5, 0.6) is 0 Å². The minimum absolute atomic E-state index is 0.163. The predicted octanol–water partition coefficient (Wildman–Crippen LogP) is 24.6. The molecule has 574 valence electrons. The van der Waals surface area contributed by atoms with E-state index < -0.39 is 0 Å². The van der Waals surface area contributed by atoms with E-state index in [9.17, 15) is 0 Å². The molecular weight excluding hydrogens is 1510 g/mol. The van der Waals surface area contributed by atoms with Crippen molar-refractivity contribution in [2.24, 2.45) is 0 Å². The van der Waals surface area contributed by atoms with Crippen LogP contribution in [0.2, 0.25) is 0 Å². The lowest BCUT2D eigenvalue weighted by Crippen LogP contribution is -2.51. The zero-order chi connectivity index (χ0) is 80.2. The van der Waals surface area contributed by atoms with Crippen LogP contribution in [-0.4, -0.2) is 58.8 Å². The van der Waals surface area contributed by atoms with E-state index in [1.807, 2.05) is 12.3 Å². The third-order valence-electron chi connectivity index (χ3n) is 25.7. The highest BCUT2D eigenvalue weighted by molar-refractivity contribution is 6.82. The Morgan fingerprint density at radius 2 is 0.472 bits per heavy atom. The second-order valence-corrected chi connectivity index (χ2v) is 32.1. The number of benzene rings is 16. The fourth-order valence-electron chi connectivity index (χ4n) is 20.7. The summed E-state index contributed by atoms with van der Waals surface area (Å²) in [6.45, 7) is 0. The Balaban J connectivity index is 0.000000130. The molecule has 12 heterocycles. The Morgan fingerprint density at radius 3 is 0.911 bits per heavy atom. The van der Waals surface area contributed by atoms with Gasteiger partial charge in [0.25, 0.3) is 0 Å². The van der Waals surface area contributed by atoms with Gasteiger partial charge in [-0.3, -0.25) is 22.5 Å². The van der Waals surface area contributed by atoms with Gasteiger partial charge in [0, 0.05) is 56.8 Å². The Hall–Kier alpha value is -16.6. The van der Waals surface area contributed by atoms with Gasteiger partial charge in [-0.05, 0) is 224 Å².